The molecule has 0 radical (unpaired) electrons. The standard InChI is InChI=1S/C20H19N7O4/c1-30-16-4-2-3-14(22-16)10-31-20-25-17-12(7-11-8-15(28)24-18(11)29)9-21-27(17)19(26-20)23-13-5-6-13/h2-4,7,9,13H,5-6,8,10H2,1H3,(H,23,25,26)(H,24,28,29)/b11-7+. The molecule has 5 rings (SSSR count). The lowest BCUT2D eigenvalue weighted by Crippen LogP contribution is -2.19. The van der Waals surface area contributed by atoms with Crippen LogP contribution in [0, 0.1) is 0 Å². The van der Waals surface area contributed by atoms with Gasteiger partial charge in [-0.05, 0) is 25.0 Å². The lowest BCUT2D eigenvalue weighted by Gasteiger charge is -2.10. The molecule has 11 nitrogen and oxygen atoms in total. The number of fused-ring (bicyclic) bond motifs is 1. The topological polar surface area (TPSA) is 133 Å². The number of rotatable bonds is 7. The normalized spacial score (nSPS) is 17.3. The van der Waals surface area contributed by atoms with Crippen LogP contribution >= 0.6 is 0 Å². The number of hydrogen-bond acceptors (Lipinski definition) is 9. The summed E-state index contributed by atoms with van der Waals surface area (Å²) in [6, 6.07) is 5.86. The fourth-order valence-electron chi connectivity index (χ4n) is 3.14. The highest BCUT2D eigenvalue weighted by atomic mass is 16.5. The monoisotopic (exact) mass is 421 g/mol. The molecule has 1 aliphatic carbocycles. The second kappa shape index (κ2) is 7.67. The van der Waals surface area contributed by atoms with Gasteiger partial charge in [0.2, 0.25) is 17.7 Å². The molecule has 0 spiro atoms. The number of carbonyl (C=O) groups excluding carboxylic acids is 2. The number of pyridine rings is 1. The number of aromatic nitrogens is 5. The summed E-state index contributed by atoms with van der Waals surface area (Å²) in [4.78, 5) is 36.7. The minimum atomic E-state index is -0.407. The molecule has 11 heteroatoms. The number of amides is 2. The van der Waals surface area contributed by atoms with Crippen molar-refractivity contribution in [2.75, 3.05) is 12.4 Å². The summed E-state index contributed by atoms with van der Waals surface area (Å²) in [5.41, 5.74) is 2.08. The van der Waals surface area contributed by atoms with Crippen LogP contribution in [0.1, 0.15) is 30.5 Å². The molecule has 3 aromatic heterocycles. The highest BCUT2D eigenvalue weighted by molar-refractivity contribution is 6.15. The van der Waals surface area contributed by atoms with Crippen molar-refractivity contribution in [3.05, 3.63) is 41.2 Å². The van der Waals surface area contributed by atoms with Crippen molar-refractivity contribution in [1.29, 1.82) is 0 Å². The van der Waals surface area contributed by atoms with Crippen LogP contribution in [-0.4, -0.2) is 49.5 Å². The predicted octanol–water partition coefficient (Wildman–Crippen LogP) is 1.11. The molecule has 158 valence electrons. The maximum absolute atomic E-state index is 11.9. The average Bonchev–Trinajstić information content (AvgIpc) is 3.41. The third kappa shape index (κ3) is 4.02. The highest BCUT2D eigenvalue weighted by Gasteiger charge is 2.26. The van der Waals surface area contributed by atoms with E-state index < -0.39 is 5.91 Å². The quantitative estimate of drug-likeness (QED) is 0.425. The number of hydrogen-bond donors (Lipinski definition) is 2. The zero-order chi connectivity index (χ0) is 21.4. The molecular formula is C20H19N7O4. The number of methoxy groups -OCH3 is 1. The van der Waals surface area contributed by atoms with Gasteiger partial charge in [0, 0.05) is 23.2 Å². The van der Waals surface area contributed by atoms with Gasteiger partial charge in [0.05, 0.1) is 25.4 Å². The van der Waals surface area contributed by atoms with E-state index in [-0.39, 0.29) is 24.9 Å². The Morgan fingerprint density at radius 3 is 2.87 bits per heavy atom. The van der Waals surface area contributed by atoms with Crippen molar-refractivity contribution in [2.45, 2.75) is 31.9 Å². The summed E-state index contributed by atoms with van der Waals surface area (Å²) in [5, 5.41) is 9.94. The summed E-state index contributed by atoms with van der Waals surface area (Å²) in [5.74, 6) is 0.254. The molecule has 2 aliphatic rings. The van der Waals surface area contributed by atoms with E-state index in [1.54, 1.807) is 30.0 Å². The Morgan fingerprint density at radius 2 is 2.13 bits per heavy atom. The Balaban J connectivity index is 1.48. The van der Waals surface area contributed by atoms with Crippen molar-refractivity contribution in [1.82, 2.24) is 29.9 Å². The van der Waals surface area contributed by atoms with Crippen LogP contribution in [0.2, 0.25) is 0 Å². The van der Waals surface area contributed by atoms with E-state index in [9.17, 15) is 9.59 Å². The van der Waals surface area contributed by atoms with Crippen LogP contribution in [0.4, 0.5) is 5.95 Å². The van der Waals surface area contributed by atoms with Gasteiger partial charge in [-0.1, -0.05) is 6.07 Å². The minimum absolute atomic E-state index is 0.0271. The van der Waals surface area contributed by atoms with Crippen molar-refractivity contribution < 1.29 is 19.1 Å². The van der Waals surface area contributed by atoms with Crippen LogP contribution in [-0.2, 0) is 16.2 Å². The lowest BCUT2D eigenvalue weighted by molar-refractivity contribution is -0.124. The van der Waals surface area contributed by atoms with Gasteiger partial charge >= 0.3 is 6.01 Å². The van der Waals surface area contributed by atoms with Gasteiger partial charge in [0.15, 0.2) is 5.65 Å². The van der Waals surface area contributed by atoms with E-state index >= 15 is 0 Å². The smallest absolute Gasteiger partial charge is 0.322 e. The third-order valence-corrected chi connectivity index (χ3v) is 4.85. The maximum Gasteiger partial charge on any atom is 0.322 e. The van der Waals surface area contributed by atoms with Crippen molar-refractivity contribution >= 4 is 29.5 Å². The molecule has 0 atom stereocenters. The highest BCUT2D eigenvalue weighted by Crippen LogP contribution is 2.26. The molecule has 3 aromatic rings. The lowest BCUT2D eigenvalue weighted by atomic mass is 10.1. The summed E-state index contributed by atoms with van der Waals surface area (Å²) in [6.45, 7) is 0.151. The van der Waals surface area contributed by atoms with Crippen LogP contribution in [0.15, 0.2) is 30.0 Å². The third-order valence-electron chi connectivity index (χ3n) is 4.85. The first-order valence-corrected chi connectivity index (χ1v) is 9.79. The van der Waals surface area contributed by atoms with E-state index in [0.29, 0.717) is 40.3 Å². The van der Waals surface area contributed by atoms with E-state index in [2.05, 4.69) is 30.7 Å². The largest absolute Gasteiger partial charge is 0.481 e. The molecular weight excluding hydrogens is 402 g/mol. The van der Waals surface area contributed by atoms with Crippen LogP contribution in [0.3, 0.4) is 0 Å². The van der Waals surface area contributed by atoms with E-state index in [4.69, 9.17) is 9.47 Å². The first-order valence-electron chi connectivity index (χ1n) is 9.79. The zero-order valence-corrected chi connectivity index (χ0v) is 16.7. The van der Waals surface area contributed by atoms with Crippen molar-refractivity contribution in [2.24, 2.45) is 0 Å². The van der Waals surface area contributed by atoms with Gasteiger partial charge in [0.25, 0.3) is 5.91 Å². The fraction of sp³-hybridized carbons (Fsp3) is 0.300. The van der Waals surface area contributed by atoms with Crippen molar-refractivity contribution in [3.8, 4) is 11.9 Å². The Labute approximate surface area is 176 Å². The molecule has 1 saturated carbocycles. The number of imide groups is 1. The molecule has 2 N–H and O–H groups in total. The number of carbonyl (C=O) groups is 2. The SMILES string of the molecule is COc1cccc(COc2nc(NC3CC3)n3ncc(/C=C4\CC(=O)NC4=O)c3n2)n1. The van der Waals surface area contributed by atoms with Gasteiger partial charge in [-0.2, -0.15) is 19.6 Å². The van der Waals surface area contributed by atoms with Gasteiger partial charge in [0.1, 0.15) is 6.61 Å². The molecule has 0 unspecified atom stereocenters. The second-order valence-corrected chi connectivity index (χ2v) is 7.27. The van der Waals surface area contributed by atoms with Crippen LogP contribution in [0.5, 0.6) is 11.9 Å². The van der Waals surface area contributed by atoms with Gasteiger partial charge in [-0.25, -0.2) is 4.98 Å². The number of anilines is 1. The molecule has 4 heterocycles. The van der Waals surface area contributed by atoms with E-state index in [1.165, 1.54) is 0 Å². The van der Waals surface area contributed by atoms with Crippen LogP contribution < -0.4 is 20.1 Å². The van der Waals surface area contributed by atoms with Gasteiger partial charge in [-0.15, -0.1) is 0 Å². The van der Waals surface area contributed by atoms with Gasteiger partial charge < -0.3 is 14.8 Å². The molecule has 2 amide bonds. The second-order valence-electron chi connectivity index (χ2n) is 7.27. The molecule has 0 bridgehead atoms. The maximum atomic E-state index is 11.9. The van der Waals surface area contributed by atoms with Gasteiger partial charge in [-0.3, -0.25) is 14.9 Å². The Morgan fingerprint density at radius 1 is 1.26 bits per heavy atom. The number of nitrogens with zero attached hydrogens (tertiary/aromatic N) is 5. The first kappa shape index (κ1) is 19.0. The number of nitrogens with one attached hydrogen (secondary N) is 2. The summed E-state index contributed by atoms with van der Waals surface area (Å²) < 4.78 is 12.5. The zero-order valence-electron chi connectivity index (χ0n) is 16.7. The minimum Gasteiger partial charge on any atom is -0.481 e. The van der Waals surface area contributed by atoms with E-state index in [0.717, 1.165) is 12.8 Å². The molecule has 1 saturated heterocycles. The summed E-state index contributed by atoms with van der Waals surface area (Å²) >= 11 is 0. The summed E-state index contributed by atoms with van der Waals surface area (Å²) in [6.07, 6.45) is 5.33. The first-order chi connectivity index (χ1) is 15.1. The molecule has 31 heavy (non-hydrogen) atoms. The Hall–Kier alpha value is -4.02. The molecule has 2 fully saturated rings. The Kier molecular flexibility index (Phi) is 4.69. The van der Waals surface area contributed by atoms with Crippen LogP contribution in [0.25, 0.3) is 11.7 Å². The fourth-order valence-corrected chi connectivity index (χ4v) is 3.14. The molecule has 0 aromatic carbocycles. The van der Waals surface area contributed by atoms with E-state index in [1.807, 2.05) is 12.1 Å². The Bertz CT molecular complexity index is 1220. The summed E-state index contributed by atoms with van der Waals surface area (Å²) in [7, 11) is 1.55. The molecule has 1 aliphatic heterocycles. The van der Waals surface area contributed by atoms with Crippen molar-refractivity contribution in [3.63, 3.8) is 0 Å². The average molecular weight is 421 g/mol. The predicted molar refractivity (Wildman–Crippen MR) is 108 cm³/mol. The number of ether oxygens (including phenoxy) is 2.